The molecule has 0 fully saturated rings. The molecular weight excluding hydrogens is 214 g/mol. The van der Waals surface area contributed by atoms with Crippen LogP contribution in [0.3, 0.4) is 0 Å². The number of pyridine rings is 1. The van der Waals surface area contributed by atoms with E-state index in [1.54, 1.807) is 6.20 Å². The smallest absolute Gasteiger partial charge is 0.173 e. The molecule has 0 amide bonds. The van der Waals surface area contributed by atoms with Crippen LogP contribution >= 0.6 is 0 Å². The van der Waals surface area contributed by atoms with E-state index in [0.717, 1.165) is 27.5 Å². The van der Waals surface area contributed by atoms with Crippen molar-refractivity contribution in [1.29, 1.82) is 0 Å². The van der Waals surface area contributed by atoms with E-state index < -0.39 is 0 Å². The van der Waals surface area contributed by atoms with E-state index in [2.05, 4.69) is 15.0 Å². The van der Waals surface area contributed by atoms with Crippen molar-refractivity contribution < 1.29 is 4.42 Å². The number of para-hydroxylation sites is 1. The summed E-state index contributed by atoms with van der Waals surface area (Å²) in [6.07, 6.45) is 3.17. The first kappa shape index (κ1) is 8.64. The van der Waals surface area contributed by atoms with Crippen LogP contribution in [0.5, 0.6) is 0 Å². The molecule has 0 radical (unpaired) electrons. The third-order valence-electron chi connectivity index (χ3n) is 2.81. The quantitative estimate of drug-likeness (QED) is 0.458. The van der Waals surface area contributed by atoms with Gasteiger partial charge in [-0.05, 0) is 12.1 Å². The maximum absolute atomic E-state index is 5.67. The molecule has 0 N–H and O–H groups in total. The van der Waals surface area contributed by atoms with Crippen LogP contribution in [-0.4, -0.2) is 15.0 Å². The van der Waals surface area contributed by atoms with Crippen LogP contribution in [0.25, 0.3) is 33.1 Å². The summed E-state index contributed by atoms with van der Waals surface area (Å²) in [4.78, 5) is 12.7. The van der Waals surface area contributed by atoms with Crippen LogP contribution in [0, 0.1) is 0 Å². The summed E-state index contributed by atoms with van der Waals surface area (Å²) in [6.45, 7) is 0. The van der Waals surface area contributed by atoms with Crippen molar-refractivity contribution >= 4 is 33.1 Å². The Labute approximate surface area is 95.9 Å². The fourth-order valence-electron chi connectivity index (χ4n) is 2.03. The molecule has 80 valence electrons. The Bertz CT molecular complexity index is 845. The van der Waals surface area contributed by atoms with Crippen molar-refractivity contribution in [3.05, 3.63) is 42.9 Å². The molecule has 0 saturated carbocycles. The van der Waals surface area contributed by atoms with E-state index >= 15 is 0 Å². The van der Waals surface area contributed by atoms with Gasteiger partial charge in [0, 0.05) is 5.39 Å². The summed E-state index contributed by atoms with van der Waals surface area (Å²) in [5.74, 6) is 0. The minimum atomic E-state index is 0.672. The highest BCUT2D eigenvalue weighted by Gasteiger charge is 2.10. The van der Waals surface area contributed by atoms with Crippen LogP contribution in [0.2, 0.25) is 0 Å². The van der Waals surface area contributed by atoms with Crippen molar-refractivity contribution in [1.82, 2.24) is 15.0 Å². The second kappa shape index (κ2) is 3.01. The zero-order chi connectivity index (χ0) is 11.2. The Morgan fingerprint density at radius 2 is 1.94 bits per heavy atom. The number of furan rings is 1. The molecule has 0 bridgehead atoms. The highest BCUT2D eigenvalue weighted by Crippen LogP contribution is 2.27. The second-order valence-electron chi connectivity index (χ2n) is 3.87. The average Bonchev–Trinajstić information content (AvgIpc) is 2.73. The molecular formula is C13H7N3O. The summed E-state index contributed by atoms with van der Waals surface area (Å²) in [5.41, 5.74) is 3.92. The molecule has 0 saturated heterocycles. The standard InChI is InChI=1S/C13H7N3O/c1-2-4-9-8(3-1)5-10-13(16-9)12-11(17-10)6-14-7-15-12/h1-7H. The van der Waals surface area contributed by atoms with E-state index in [1.165, 1.54) is 6.33 Å². The number of nitrogens with zero attached hydrogens (tertiary/aromatic N) is 3. The molecule has 0 atom stereocenters. The van der Waals surface area contributed by atoms with Crippen molar-refractivity contribution in [2.45, 2.75) is 0 Å². The van der Waals surface area contributed by atoms with Gasteiger partial charge in [0.15, 0.2) is 11.2 Å². The Kier molecular flexibility index (Phi) is 1.53. The summed E-state index contributed by atoms with van der Waals surface area (Å²) in [6, 6.07) is 9.94. The lowest BCUT2D eigenvalue weighted by atomic mass is 10.2. The zero-order valence-electron chi connectivity index (χ0n) is 8.79. The molecule has 3 aromatic heterocycles. The van der Waals surface area contributed by atoms with Crippen LogP contribution in [0.4, 0.5) is 0 Å². The molecule has 1 aromatic carbocycles. The van der Waals surface area contributed by atoms with Gasteiger partial charge < -0.3 is 4.42 Å². The van der Waals surface area contributed by atoms with Gasteiger partial charge in [-0.3, -0.25) is 0 Å². The maximum atomic E-state index is 5.67. The number of hydrogen-bond acceptors (Lipinski definition) is 4. The first-order valence-corrected chi connectivity index (χ1v) is 5.30. The molecule has 0 aliphatic heterocycles. The van der Waals surface area contributed by atoms with Gasteiger partial charge >= 0.3 is 0 Å². The molecule has 17 heavy (non-hydrogen) atoms. The number of aromatic nitrogens is 3. The third-order valence-corrected chi connectivity index (χ3v) is 2.81. The van der Waals surface area contributed by atoms with Crippen molar-refractivity contribution in [3.63, 3.8) is 0 Å². The third kappa shape index (κ3) is 1.15. The fraction of sp³-hybridized carbons (Fsp3) is 0. The summed E-state index contributed by atoms with van der Waals surface area (Å²) in [7, 11) is 0. The van der Waals surface area contributed by atoms with Crippen LogP contribution in [-0.2, 0) is 0 Å². The molecule has 0 unspecified atom stereocenters. The Balaban J connectivity index is 2.28. The summed E-state index contributed by atoms with van der Waals surface area (Å²) >= 11 is 0. The molecule has 0 spiro atoms. The van der Waals surface area contributed by atoms with E-state index in [1.807, 2.05) is 30.3 Å². The minimum absolute atomic E-state index is 0.672. The first-order valence-electron chi connectivity index (χ1n) is 5.30. The Morgan fingerprint density at radius 3 is 2.94 bits per heavy atom. The highest BCUT2D eigenvalue weighted by molar-refractivity contribution is 6.03. The molecule has 4 nitrogen and oxygen atoms in total. The van der Waals surface area contributed by atoms with Crippen LogP contribution in [0.15, 0.2) is 47.3 Å². The van der Waals surface area contributed by atoms with E-state index in [4.69, 9.17) is 4.42 Å². The average molecular weight is 221 g/mol. The van der Waals surface area contributed by atoms with Crippen molar-refractivity contribution in [2.75, 3.05) is 0 Å². The lowest BCUT2D eigenvalue weighted by Gasteiger charge is -1.95. The van der Waals surface area contributed by atoms with Gasteiger partial charge in [-0.15, -0.1) is 0 Å². The summed E-state index contributed by atoms with van der Waals surface area (Å²) < 4.78 is 5.67. The highest BCUT2D eigenvalue weighted by atomic mass is 16.3. The minimum Gasteiger partial charge on any atom is -0.451 e. The van der Waals surface area contributed by atoms with Crippen molar-refractivity contribution in [2.24, 2.45) is 0 Å². The lowest BCUT2D eigenvalue weighted by molar-refractivity contribution is 0.665. The van der Waals surface area contributed by atoms with Gasteiger partial charge in [0.25, 0.3) is 0 Å². The normalized spacial score (nSPS) is 11.5. The Hall–Kier alpha value is -2.49. The van der Waals surface area contributed by atoms with E-state index in [9.17, 15) is 0 Å². The van der Waals surface area contributed by atoms with Gasteiger partial charge in [0.1, 0.15) is 17.4 Å². The lowest BCUT2D eigenvalue weighted by Crippen LogP contribution is -1.80. The predicted octanol–water partition coefficient (Wildman–Crippen LogP) is 2.92. The first-order chi connectivity index (χ1) is 8.42. The van der Waals surface area contributed by atoms with Gasteiger partial charge in [-0.2, -0.15) is 0 Å². The van der Waals surface area contributed by atoms with Gasteiger partial charge in [0.2, 0.25) is 0 Å². The molecule has 0 aliphatic rings. The second-order valence-corrected chi connectivity index (χ2v) is 3.87. The predicted molar refractivity (Wildman–Crippen MR) is 64.6 cm³/mol. The maximum Gasteiger partial charge on any atom is 0.173 e. The largest absolute Gasteiger partial charge is 0.451 e. The van der Waals surface area contributed by atoms with E-state index in [-0.39, 0.29) is 0 Å². The van der Waals surface area contributed by atoms with Gasteiger partial charge in [0.05, 0.1) is 11.7 Å². The number of hydrogen-bond donors (Lipinski definition) is 0. The Morgan fingerprint density at radius 1 is 1.00 bits per heavy atom. The van der Waals surface area contributed by atoms with Gasteiger partial charge in [-0.25, -0.2) is 15.0 Å². The molecule has 0 aliphatic carbocycles. The number of fused-ring (bicyclic) bond motifs is 4. The molecule has 4 heteroatoms. The topological polar surface area (TPSA) is 51.8 Å². The zero-order valence-corrected chi connectivity index (χ0v) is 8.79. The number of rotatable bonds is 0. The fourth-order valence-corrected chi connectivity index (χ4v) is 2.03. The molecule has 4 rings (SSSR count). The summed E-state index contributed by atoms with van der Waals surface area (Å²) in [5, 5.41) is 1.06. The number of benzene rings is 1. The van der Waals surface area contributed by atoms with E-state index in [0.29, 0.717) is 5.58 Å². The molecule has 3 heterocycles. The SMILES string of the molecule is c1ccc2nc3c(cc2c1)oc1cncnc13. The van der Waals surface area contributed by atoms with Crippen LogP contribution < -0.4 is 0 Å². The van der Waals surface area contributed by atoms with Crippen LogP contribution in [0.1, 0.15) is 0 Å². The monoisotopic (exact) mass is 221 g/mol. The van der Waals surface area contributed by atoms with Crippen molar-refractivity contribution in [3.8, 4) is 0 Å². The van der Waals surface area contributed by atoms with Gasteiger partial charge in [-0.1, -0.05) is 18.2 Å². The molecule has 4 aromatic rings.